The van der Waals surface area contributed by atoms with E-state index < -0.39 is 82.9 Å². The summed E-state index contributed by atoms with van der Waals surface area (Å²) >= 11 is 0. The van der Waals surface area contributed by atoms with Crippen LogP contribution in [0.2, 0.25) is 0 Å². The second kappa shape index (κ2) is 9.25. The molecule has 19 nitrogen and oxygen atoms in total. The Hall–Kier alpha value is 0.860. The quantitative estimate of drug-likeness (QED) is 0.309. The lowest BCUT2D eigenvalue weighted by molar-refractivity contribution is -0.352. The van der Waals surface area contributed by atoms with Gasteiger partial charge in [-0.15, -0.1) is 0 Å². The molecule has 25 heteroatoms. The number of rotatable bonds is 4. The largest absolute Gasteiger partial charge is 0.790 e. The van der Waals surface area contributed by atoms with Crippen LogP contribution >= 0.6 is 46.3 Å². The van der Waals surface area contributed by atoms with Gasteiger partial charge in [0, 0.05) is 20.0 Å². The van der Waals surface area contributed by atoms with Gasteiger partial charge in [0.05, 0.1) is 7.82 Å². The van der Waals surface area contributed by atoms with Gasteiger partial charge < -0.3 is 51.7 Å². The van der Waals surface area contributed by atoms with Crippen molar-refractivity contribution in [3.8, 4) is 0 Å². The van der Waals surface area contributed by atoms with E-state index in [2.05, 4.69) is 26.7 Å². The maximum Gasteiger partial charge on any atom is 0.334 e. The Labute approximate surface area is 191 Å². The number of phosphoric ester groups is 4. The Balaban J connectivity index is 2.26. The first-order valence-electron chi connectivity index (χ1n) is 8.59. The first-order valence-corrected chi connectivity index (χ1v) is 18.9. The molecule has 0 amide bonds. The van der Waals surface area contributed by atoms with Crippen molar-refractivity contribution in [2.75, 3.05) is 20.0 Å². The van der Waals surface area contributed by atoms with E-state index >= 15 is 0 Å². The SMILES string of the molecule is CP(C)(=O)OC1C(OP(=O)([O-])[O-])C2OP(C)(=O)OP(=O)([O-])OC2C2OP(=O)([O-])OP(=O)([O-])OC12. The van der Waals surface area contributed by atoms with Crippen LogP contribution in [0.3, 0.4) is 0 Å². The highest BCUT2D eigenvalue weighted by Gasteiger charge is 2.62. The van der Waals surface area contributed by atoms with Crippen LogP contribution in [0.4, 0.5) is 0 Å². The number of hydrogen-bond acceptors (Lipinski definition) is 19. The molecule has 0 aromatic heterocycles. The molecule has 34 heavy (non-hydrogen) atoms. The molecule has 0 aromatic rings. The van der Waals surface area contributed by atoms with Gasteiger partial charge in [-0.2, -0.15) is 0 Å². The minimum Gasteiger partial charge on any atom is -0.790 e. The molecule has 2 saturated heterocycles. The van der Waals surface area contributed by atoms with E-state index in [1.165, 1.54) is 0 Å². The van der Waals surface area contributed by atoms with E-state index in [1.54, 1.807) is 0 Å². The Morgan fingerprint density at radius 1 is 0.676 bits per heavy atom. The van der Waals surface area contributed by atoms with Gasteiger partial charge in [-0.05, 0) is 0 Å². The van der Waals surface area contributed by atoms with Crippen molar-refractivity contribution in [3.05, 3.63) is 0 Å². The van der Waals surface area contributed by atoms with Crippen molar-refractivity contribution in [2.24, 2.45) is 0 Å². The normalized spacial score (nSPS) is 50.5. The van der Waals surface area contributed by atoms with Crippen molar-refractivity contribution in [1.29, 1.82) is 0 Å². The van der Waals surface area contributed by atoms with Gasteiger partial charge in [0.15, 0.2) is 7.37 Å². The molecule has 2 heterocycles. The fourth-order valence-electron chi connectivity index (χ4n) is 3.33. The molecule has 1 saturated carbocycles. The van der Waals surface area contributed by atoms with Crippen LogP contribution in [-0.2, 0) is 63.2 Å². The summed E-state index contributed by atoms with van der Waals surface area (Å²) in [6.07, 6.45) is -14.4. The molecular weight excluding hydrogens is 598 g/mol. The highest BCUT2D eigenvalue weighted by molar-refractivity contribution is 7.63. The molecule has 0 N–H and O–H groups in total. The molecule has 0 bridgehead atoms. The van der Waals surface area contributed by atoms with Crippen molar-refractivity contribution < 1.29 is 87.6 Å². The van der Waals surface area contributed by atoms with Crippen LogP contribution in [0.25, 0.3) is 0 Å². The zero-order valence-corrected chi connectivity index (χ0v) is 22.3. The van der Waals surface area contributed by atoms with Gasteiger partial charge in [0.1, 0.15) is 36.6 Å². The van der Waals surface area contributed by atoms with Gasteiger partial charge in [-0.25, -0.2) is 8.62 Å². The third-order valence-electron chi connectivity index (χ3n) is 4.08. The molecule has 0 radical (unpaired) electrons. The molecule has 3 rings (SSSR count). The molecule has 3 fully saturated rings. The second-order valence-corrected chi connectivity index (χ2v) is 17.6. The summed E-state index contributed by atoms with van der Waals surface area (Å²) in [6.45, 7) is 2.46. The molecular formula is C9H15O19P6-5. The number of fused-ring (bicyclic) bond motifs is 3. The zero-order valence-electron chi connectivity index (χ0n) is 16.9. The third kappa shape index (κ3) is 7.46. The monoisotopic (exact) mass is 613 g/mol. The summed E-state index contributed by atoms with van der Waals surface area (Å²) in [5.41, 5.74) is 0. The van der Waals surface area contributed by atoms with Crippen LogP contribution in [0.5, 0.6) is 0 Å². The summed E-state index contributed by atoms with van der Waals surface area (Å²) in [6, 6.07) is 0. The zero-order chi connectivity index (χ0) is 26.1. The van der Waals surface area contributed by atoms with Crippen LogP contribution in [0, 0.1) is 0 Å². The molecule has 2 aliphatic heterocycles. The van der Waals surface area contributed by atoms with Crippen molar-refractivity contribution in [1.82, 2.24) is 0 Å². The predicted octanol–water partition coefficient (Wildman–Crippen LogP) is -2.03. The summed E-state index contributed by atoms with van der Waals surface area (Å²) in [5, 5.41) is 0. The average molecular weight is 613 g/mol. The van der Waals surface area contributed by atoms with E-state index in [4.69, 9.17) is 9.05 Å². The highest BCUT2D eigenvalue weighted by atomic mass is 31.3. The summed E-state index contributed by atoms with van der Waals surface area (Å²) in [4.78, 5) is 59.0. The Morgan fingerprint density at radius 2 is 1.06 bits per heavy atom. The second-order valence-electron chi connectivity index (χ2n) is 7.40. The first kappa shape index (κ1) is 29.4. The molecule has 10 atom stereocenters. The molecule has 10 unspecified atom stereocenters. The maximum atomic E-state index is 12.5. The van der Waals surface area contributed by atoms with Crippen molar-refractivity contribution in [2.45, 2.75) is 36.6 Å². The molecule has 200 valence electrons. The summed E-state index contributed by atoms with van der Waals surface area (Å²) < 4.78 is 109. The Morgan fingerprint density at radius 3 is 1.50 bits per heavy atom. The topological polar surface area (TPSA) is 292 Å². The standard InChI is InChI=1S/C9H20O19P6/c1-29(2,10)21-4-6(23-31(12,13)14)5-8(24-32(15,16)27-30(3,11)22-5)9-7(4)25-33(17,18)28-34(19,20)26-9/h4-9H,1-3H3,(H,15,16)(H,17,18)(H,19,20)(H2,12,13,14)/p-5. The number of phosphoric acid groups is 4. The summed E-state index contributed by atoms with van der Waals surface area (Å²) in [7, 11) is -32.0. The first-order chi connectivity index (χ1) is 15.0. The predicted molar refractivity (Wildman–Crippen MR) is 94.8 cm³/mol. The van der Waals surface area contributed by atoms with Gasteiger partial charge in [0.2, 0.25) is 0 Å². The lowest BCUT2D eigenvalue weighted by Gasteiger charge is -2.50. The van der Waals surface area contributed by atoms with Gasteiger partial charge >= 0.3 is 7.60 Å². The number of hydrogen-bond donors (Lipinski definition) is 0. The van der Waals surface area contributed by atoms with Crippen molar-refractivity contribution in [3.63, 3.8) is 0 Å². The van der Waals surface area contributed by atoms with Gasteiger partial charge in [-0.3, -0.25) is 27.3 Å². The lowest BCUT2D eigenvalue weighted by atomic mass is 9.85. The summed E-state index contributed by atoms with van der Waals surface area (Å²) in [5.74, 6) is 0. The van der Waals surface area contributed by atoms with Gasteiger partial charge in [-0.1, -0.05) is 0 Å². The van der Waals surface area contributed by atoms with Crippen molar-refractivity contribution >= 4 is 46.3 Å². The molecule has 0 spiro atoms. The average Bonchev–Trinajstić information content (AvgIpc) is 2.68. The fourth-order valence-corrected chi connectivity index (χ4v) is 10.0. The minimum atomic E-state index is -6.08. The van der Waals surface area contributed by atoms with E-state index in [0.717, 1.165) is 13.3 Å². The van der Waals surface area contributed by atoms with Crippen LogP contribution in [0.15, 0.2) is 0 Å². The molecule has 1 aliphatic carbocycles. The third-order valence-corrected chi connectivity index (χ3v) is 11.1. The van der Waals surface area contributed by atoms with Crippen LogP contribution in [0.1, 0.15) is 0 Å². The van der Waals surface area contributed by atoms with Crippen LogP contribution in [-0.4, -0.2) is 56.6 Å². The maximum absolute atomic E-state index is 12.5. The Bertz CT molecular complexity index is 1020. The Kier molecular flexibility index (Phi) is 8.01. The lowest BCUT2D eigenvalue weighted by Crippen LogP contribution is -2.66. The highest BCUT2D eigenvalue weighted by Crippen LogP contribution is 2.68. The fraction of sp³-hybridized carbons (Fsp3) is 1.00. The van der Waals surface area contributed by atoms with Crippen LogP contribution < -0.4 is 24.5 Å². The van der Waals surface area contributed by atoms with E-state index in [0.29, 0.717) is 6.66 Å². The molecule has 0 aromatic carbocycles. The van der Waals surface area contributed by atoms with E-state index in [9.17, 15) is 51.9 Å². The smallest absolute Gasteiger partial charge is 0.334 e. The minimum absolute atomic E-state index is 0.582. The molecule has 3 aliphatic rings. The van der Waals surface area contributed by atoms with Gasteiger partial charge in [0.25, 0.3) is 23.5 Å². The van der Waals surface area contributed by atoms with E-state index in [1.807, 2.05) is 0 Å². The van der Waals surface area contributed by atoms with E-state index in [-0.39, 0.29) is 0 Å².